The molecule has 0 saturated heterocycles. The van der Waals surface area contributed by atoms with Gasteiger partial charge < -0.3 is 10.5 Å². The fraction of sp³-hybridized carbons (Fsp3) is 0.0556. The van der Waals surface area contributed by atoms with Gasteiger partial charge in [0.15, 0.2) is 5.75 Å². The maximum Gasteiger partial charge on any atom is 0.155 e. The molecule has 0 aliphatic heterocycles. The average Bonchev–Trinajstić information content (AvgIpc) is 2.48. The Morgan fingerprint density at radius 3 is 2.71 bits per heavy atom. The molecule has 0 bridgehead atoms. The van der Waals surface area contributed by atoms with E-state index in [1.807, 2.05) is 55.5 Å². The molecule has 0 fully saturated rings. The number of nitrogen functional groups attached to an aromatic ring is 1. The van der Waals surface area contributed by atoms with Crippen molar-refractivity contribution in [1.82, 2.24) is 4.98 Å². The number of hydrogen-bond donors (Lipinski definition) is 1. The van der Waals surface area contributed by atoms with Crippen molar-refractivity contribution in [3.8, 4) is 11.5 Å². The summed E-state index contributed by atoms with van der Waals surface area (Å²) < 4.78 is 5.91. The highest BCUT2D eigenvalue weighted by Crippen LogP contribution is 2.31. The maximum absolute atomic E-state index is 5.91. The van der Waals surface area contributed by atoms with E-state index in [0.717, 1.165) is 17.0 Å². The minimum atomic E-state index is 0.558. The third-order valence-electron chi connectivity index (χ3n) is 2.76. The summed E-state index contributed by atoms with van der Waals surface area (Å²) >= 11 is 0. The number of nitrogens with zero attached hydrogens (tertiary/aromatic N) is 1. The number of allylic oxidation sites excluding steroid dienone is 5. The fourth-order valence-corrected chi connectivity index (χ4v) is 1.89. The molecule has 0 radical (unpaired) electrons. The highest BCUT2D eigenvalue weighted by atomic mass is 16.5. The summed E-state index contributed by atoms with van der Waals surface area (Å²) in [5.74, 6) is 1.36. The Kier molecular flexibility index (Phi) is 4.94. The van der Waals surface area contributed by atoms with E-state index in [1.165, 1.54) is 0 Å². The maximum atomic E-state index is 5.91. The summed E-state index contributed by atoms with van der Waals surface area (Å²) in [6.45, 7) is 5.69. The van der Waals surface area contributed by atoms with Crippen molar-refractivity contribution in [2.75, 3.05) is 5.73 Å². The lowest BCUT2D eigenvalue weighted by Crippen LogP contribution is -1.97. The van der Waals surface area contributed by atoms with Gasteiger partial charge in [-0.3, -0.25) is 4.98 Å². The molecule has 0 atom stereocenters. The number of nitrogens with two attached hydrogens (primary N) is 1. The minimum Gasteiger partial charge on any atom is -0.455 e. The molecule has 2 aromatic rings. The normalized spacial score (nSPS) is 11.6. The molecule has 0 spiro atoms. The lowest BCUT2D eigenvalue weighted by Gasteiger charge is -2.11. The van der Waals surface area contributed by atoms with Gasteiger partial charge in [0, 0.05) is 11.6 Å². The smallest absolute Gasteiger partial charge is 0.155 e. The van der Waals surface area contributed by atoms with Crippen LogP contribution in [0, 0.1) is 0 Å². The van der Waals surface area contributed by atoms with Gasteiger partial charge >= 0.3 is 0 Å². The largest absolute Gasteiger partial charge is 0.455 e. The Bertz CT molecular complexity index is 673. The van der Waals surface area contributed by atoms with Gasteiger partial charge in [0.2, 0.25) is 0 Å². The van der Waals surface area contributed by atoms with Crippen LogP contribution in [0.4, 0.5) is 5.69 Å². The van der Waals surface area contributed by atoms with Crippen molar-refractivity contribution >= 4 is 11.3 Å². The van der Waals surface area contributed by atoms with Crippen molar-refractivity contribution < 1.29 is 4.74 Å². The first kappa shape index (κ1) is 14.6. The molecule has 1 aromatic carbocycles. The quantitative estimate of drug-likeness (QED) is 0.813. The summed E-state index contributed by atoms with van der Waals surface area (Å²) in [4.78, 5) is 4.39. The molecule has 1 aromatic heterocycles. The summed E-state index contributed by atoms with van der Waals surface area (Å²) in [6, 6.07) is 11.3. The molecule has 0 aliphatic carbocycles. The van der Waals surface area contributed by atoms with Crippen LogP contribution in [-0.4, -0.2) is 4.98 Å². The van der Waals surface area contributed by atoms with E-state index < -0.39 is 0 Å². The second-order valence-corrected chi connectivity index (χ2v) is 4.39. The van der Waals surface area contributed by atoms with E-state index in [4.69, 9.17) is 10.5 Å². The number of hydrogen-bond acceptors (Lipinski definition) is 3. The van der Waals surface area contributed by atoms with Crippen LogP contribution in [0.5, 0.6) is 11.5 Å². The minimum absolute atomic E-state index is 0.558. The van der Waals surface area contributed by atoms with Crippen molar-refractivity contribution in [3.63, 3.8) is 0 Å². The van der Waals surface area contributed by atoms with Crippen LogP contribution < -0.4 is 10.5 Å². The third kappa shape index (κ3) is 3.83. The second kappa shape index (κ2) is 7.10. The highest BCUT2D eigenvalue weighted by molar-refractivity contribution is 5.77. The van der Waals surface area contributed by atoms with Gasteiger partial charge in [-0.25, -0.2) is 0 Å². The van der Waals surface area contributed by atoms with Crippen molar-refractivity contribution in [2.45, 2.75) is 6.92 Å². The molecule has 3 nitrogen and oxygen atoms in total. The molecular formula is C18H18N2O. The molecule has 0 amide bonds. The number of aromatic nitrogens is 1. The fourth-order valence-electron chi connectivity index (χ4n) is 1.89. The molecule has 0 saturated carbocycles. The van der Waals surface area contributed by atoms with Gasteiger partial charge in [0.05, 0.1) is 11.9 Å². The molecule has 2 N–H and O–H groups in total. The van der Waals surface area contributed by atoms with Crippen LogP contribution in [-0.2, 0) is 0 Å². The molecule has 21 heavy (non-hydrogen) atoms. The zero-order chi connectivity index (χ0) is 15.1. The molecule has 0 unspecified atom stereocenters. The Labute approximate surface area is 125 Å². The first-order valence-electron chi connectivity index (χ1n) is 6.69. The SMILES string of the molecule is C=CC=C(C=CC)c1ncc(N)cc1Oc1ccccc1. The lowest BCUT2D eigenvalue weighted by atomic mass is 10.1. The zero-order valence-electron chi connectivity index (χ0n) is 12.0. The van der Waals surface area contributed by atoms with Gasteiger partial charge in [0.1, 0.15) is 11.4 Å². The number of pyridine rings is 1. The first-order valence-corrected chi connectivity index (χ1v) is 6.69. The Balaban J connectivity index is 2.46. The summed E-state index contributed by atoms with van der Waals surface area (Å²) in [7, 11) is 0. The standard InChI is InChI=1S/C18H18N2O/c1-3-8-14(9-4-2)18-17(12-15(19)13-20-18)21-16-10-6-5-7-11-16/h3-13H,1,19H2,2H3. The topological polar surface area (TPSA) is 48.1 Å². The first-order chi connectivity index (χ1) is 10.2. The number of para-hydroxylation sites is 1. The zero-order valence-corrected chi connectivity index (χ0v) is 12.0. The van der Waals surface area contributed by atoms with Gasteiger partial charge in [0.25, 0.3) is 0 Å². The summed E-state index contributed by atoms with van der Waals surface area (Å²) in [6.07, 6.45) is 9.13. The van der Waals surface area contributed by atoms with Gasteiger partial charge in [-0.2, -0.15) is 0 Å². The molecule has 106 valence electrons. The van der Waals surface area contributed by atoms with E-state index in [0.29, 0.717) is 11.4 Å². The van der Waals surface area contributed by atoms with Gasteiger partial charge in [-0.05, 0) is 19.1 Å². The number of rotatable bonds is 5. The van der Waals surface area contributed by atoms with E-state index in [1.54, 1.807) is 18.3 Å². The van der Waals surface area contributed by atoms with Crippen LogP contribution in [0.1, 0.15) is 12.6 Å². The van der Waals surface area contributed by atoms with E-state index in [-0.39, 0.29) is 0 Å². The predicted octanol–water partition coefficient (Wildman–Crippen LogP) is 4.60. The lowest BCUT2D eigenvalue weighted by molar-refractivity contribution is 0.479. The Hall–Kier alpha value is -2.81. The highest BCUT2D eigenvalue weighted by Gasteiger charge is 2.10. The Morgan fingerprint density at radius 2 is 2.05 bits per heavy atom. The van der Waals surface area contributed by atoms with Crippen molar-refractivity contribution in [2.24, 2.45) is 0 Å². The molecular weight excluding hydrogens is 260 g/mol. The summed E-state index contributed by atoms with van der Waals surface area (Å²) in [5, 5.41) is 0. The van der Waals surface area contributed by atoms with E-state index in [2.05, 4.69) is 11.6 Å². The van der Waals surface area contributed by atoms with Crippen LogP contribution in [0.2, 0.25) is 0 Å². The molecule has 1 heterocycles. The van der Waals surface area contributed by atoms with Crippen LogP contribution in [0.25, 0.3) is 5.57 Å². The predicted molar refractivity (Wildman–Crippen MR) is 88.2 cm³/mol. The van der Waals surface area contributed by atoms with E-state index in [9.17, 15) is 0 Å². The van der Waals surface area contributed by atoms with Crippen molar-refractivity contribution in [1.29, 1.82) is 0 Å². The summed E-state index contributed by atoms with van der Waals surface area (Å²) in [5.41, 5.74) is 8.03. The number of benzene rings is 1. The van der Waals surface area contributed by atoms with Crippen LogP contribution >= 0.6 is 0 Å². The van der Waals surface area contributed by atoms with E-state index >= 15 is 0 Å². The Morgan fingerprint density at radius 1 is 1.29 bits per heavy atom. The van der Waals surface area contributed by atoms with Gasteiger partial charge in [-0.1, -0.05) is 49.1 Å². The third-order valence-corrected chi connectivity index (χ3v) is 2.76. The number of anilines is 1. The molecule has 2 rings (SSSR count). The average molecular weight is 278 g/mol. The van der Waals surface area contributed by atoms with Gasteiger partial charge in [-0.15, -0.1) is 0 Å². The second-order valence-electron chi connectivity index (χ2n) is 4.39. The monoisotopic (exact) mass is 278 g/mol. The molecule has 3 heteroatoms. The molecule has 0 aliphatic rings. The van der Waals surface area contributed by atoms with Crippen LogP contribution in [0.3, 0.4) is 0 Å². The van der Waals surface area contributed by atoms with Crippen molar-refractivity contribution in [3.05, 3.63) is 79.2 Å². The van der Waals surface area contributed by atoms with Crippen LogP contribution in [0.15, 0.2) is 73.5 Å². The number of ether oxygens (including phenoxy) is 1.